The molecule has 2 nitrogen and oxygen atoms in total. The Balaban J connectivity index is 1.85. The second-order valence-electron chi connectivity index (χ2n) is 5.20. The summed E-state index contributed by atoms with van der Waals surface area (Å²) in [4.78, 5) is 2.55. The van der Waals surface area contributed by atoms with Gasteiger partial charge in [0.25, 0.3) is 0 Å². The molecule has 0 atom stereocenters. The molecule has 1 saturated heterocycles. The Bertz CT molecular complexity index is 343. The van der Waals surface area contributed by atoms with Gasteiger partial charge in [0, 0.05) is 6.54 Å². The lowest BCUT2D eigenvalue weighted by molar-refractivity contribution is 0.194. The minimum Gasteiger partial charge on any atom is -0.392 e. The largest absolute Gasteiger partial charge is 0.392 e. The molecule has 2 heteroatoms. The SMILES string of the molecule is CC1CCN(CCc2ccccc2CO)CC1. The van der Waals surface area contributed by atoms with Crippen molar-refractivity contribution in [3.63, 3.8) is 0 Å². The first-order valence-corrected chi connectivity index (χ1v) is 6.69. The van der Waals surface area contributed by atoms with Gasteiger partial charge in [0.1, 0.15) is 0 Å². The molecular weight excluding hydrogens is 210 g/mol. The minimum atomic E-state index is 0.160. The quantitative estimate of drug-likeness (QED) is 0.863. The third-order valence-electron chi connectivity index (χ3n) is 3.86. The van der Waals surface area contributed by atoms with Gasteiger partial charge in [0.2, 0.25) is 0 Å². The normalized spacial score (nSPS) is 18.5. The summed E-state index contributed by atoms with van der Waals surface area (Å²) in [5.74, 6) is 0.899. The zero-order valence-corrected chi connectivity index (χ0v) is 10.7. The van der Waals surface area contributed by atoms with Crippen LogP contribution in [0.25, 0.3) is 0 Å². The lowest BCUT2D eigenvalue weighted by Gasteiger charge is -2.30. The van der Waals surface area contributed by atoms with E-state index in [0.717, 1.165) is 24.4 Å². The van der Waals surface area contributed by atoms with E-state index in [-0.39, 0.29) is 6.61 Å². The molecule has 1 aliphatic heterocycles. The van der Waals surface area contributed by atoms with Gasteiger partial charge in [-0.05, 0) is 49.4 Å². The number of aliphatic hydroxyl groups is 1. The van der Waals surface area contributed by atoms with Crippen LogP contribution >= 0.6 is 0 Å². The molecule has 0 spiro atoms. The summed E-state index contributed by atoms with van der Waals surface area (Å²) in [5.41, 5.74) is 2.38. The maximum absolute atomic E-state index is 9.28. The van der Waals surface area contributed by atoms with Crippen LogP contribution in [0.2, 0.25) is 0 Å². The first kappa shape index (κ1) is 12.6. The zero-order valence-electron chi connectivity index (χ0n) is 10.7. The summed E-state index contributed by atoms with van der Waals surface area (Å²) in [6.45, 7) is 6.11. The van der Waals surface area contributed by atoms with Crippen molar-refractivity contribution in [3.8, 4) is 0 Å². The van der Waals surface area contributed by atoms with E-state index >= 15 is 0 Å². The average Bonchev–Trinajstić information content (AvgIpc) is 2.38. The second-order valence-corrected chi connectivity index (χ2v) is 5.20. The predicted octanol–water partition coefficient (Wildman–Crippen LogP) is 2.45. The molecule has 0 radical (unpaired) electrons. The third kappa shape index (κ3) is 3.55. The van der Waals surface area contributed by atoms with Gasteiger partial charge in [-0.3, -0.25) is 0 Å². The van der Waals surface area contributed by atoms with E-state index in [1.165, 1.54) is 31.5 Å². The van der Waals surface area contributed by atoms with E-state index in [1.807, 2.05) is 12.1 Å². The van der Waals surface area contributed by atoms with Crippen molar-refractivity contribution < 1.29 is 5.11 Å². The Hall–Kier alpha value is -0.860. The average molecular weight is 233 g/mol. The van der Waals surface area contributed by atoms with Gasteiger partial charge in [-0.25, -0.2) is 0 Å². The van der Waals surface area contributed by atoms with E-state index in [2.05, 4.69) is 24.0 Å². The van der Waals surface area contributed by atoms with Gasteiger partial charge in [0.15, 0.2) is 0 Å². The van der Waals surface area contributed by atoms with Crippen molar-refractivity contribution in [2.75, 3.05) is 19.6 Å². The van der Waals surface area contributed by atoms with E-state index in [1.54, 1.807) is 0 Å². The Morgan fingerprint density at radius 1 is 1.18 bits per heavy atom. The molecule has 0 bridgehead atoms. The molecule has 0 aromatic heterocycles. The first-order chi connectivity index (χ1) is 8.29. The number of aliphatic hydroxyl groups excluding tert-OH is 1. The highest BCUT2D eigenvalue weighted by molar-refractivity contribution is 5.26. The molecular formula is C15H23NO. The number of nitrogens with zero attached hydrogens (tertiary/aromatic N) is 1. The molecule has 0 unspecified atom stereocenters. The van der Waals surface area contributed by atoms with Crippen LogP contribution in [0.5, 0.6) is 0 Å². The molecule has 1 aromatic carbocycles. The van der Waals surface area contributed by atoms with Crippen molar-refractivity contribution in [3.05, 3.63) is 35.4 Å². The summed E-state index contributed by atoms with van der Waals surface area (Å²) < 4.78 is 0. The lowest BCUT2D eigenvalue weighted by Crippen LogP contribution is -2.34. The van der Waals surface area contributed by atoms with Crippen LogP contribution in [0, 0.1) is 5.92 Å². The lowest BCUT2D eigenvalue weighted by atomic mass is 9.98. The number of hydrogen-bond donors (Lipinski definition) is 1. The Morgan fingerprint density at radius 2 is 1.82 bits per heavy atom. The van der Waals surface area contributed by atoms with Crippen LogP contribution in [-0.4, -0.2) is 29.6 Å². The minimum absolute atomic E-state index is 0.160. The first-order valence-electron chi connectivity index (χ1n) is 6.69. The molecule has 1 aromatic rings. The van der Waals surface area contributed by atoms with Crippen molar-refractivity contribution in [1.82, 2.24) is 4.90 Å². The van der Waals surface area contributed by atoms with Crippen LogP contribution in [0.1, 0.15) is 30.9 Å². The maximum atomic E-state index is 9.28. The maximum Gasteiger partial charge on any atom is 0.0684 e. The second kappa shape index (κ2) is 6.18. The third-order valence-corrected chi connectivity index (χ3v) is 3.86. The highest BCUT2D eigenvalue weighted by Gasteiger charge is 2.15. The molecule has 94 valence electrons. The smallest absolute Gasteiger partial charge is 0.0684 e. The van der Waals surface area contributed by atoms with E-state index in [4.69, 9.17) is 0 Å². The van der Waals surface area contributed by atoms with Gasteiger partial charge in [-0.1, -0.05) is 31.2 Å². The Labute approximate surface area is 104 Å². The number of likely N-dealkylation sites (tertiary alicyclic amines) is 1. The Morgan fingerprint density at radius 3 is 2.47 bits per heavy atom. The van der Waals surface area contributed by atoms with Crippen LogP contribution in [0.3, 0.4) is 0 Å². The summed E-state index contributed by atoms with van der Waals surface area (Å²) in [7, 11) is 0. The summed E-state index contributed by atoms with van der Waals surface area (Å²) in [6, 6.07) is 8.22. The fourth-order valence-electron chi connectivity index (χ4n) is 2.52. The van der Waals surface area contributed by atoms with Gasteiger partial charge < -0.3 is 10.0 Å². The van der Waals surface area contributed by atoms with Crippen LogP contribution in [-0.2, 0) is 13.0 Å². The van der Waals surface area contributed by atoms with Gasteiger partial charge >= 0.3 is 0 Å². The molecule has 17 heavy (non-hydrogen) atoms. The fourth-order valence-corrected chi connectivity index (χ4v) is 2.52. The summed E-state index contributed by atoms with van der Waals surface area (Å²) in [6.07, 6.45) is 3.73. The highest BCUT2D eigenvalue weighted by Crippen LogP contribution is 2.17. The van der Waals surface area contributed by atoms with E-state index in [0.29, 0.717) is 0 Å². The van der Waals surface area contributed by atoms with Crippen molar-refractivity contribution in [2.45, 2.75) is 32.8 Å². The van der Waals surface area contributed by atoms with Gasteiger partial charge in [-0.2, -0.15) is 0 Å². The number of piperidine rings is 1. The van der Waals surface area contributed by atoms with Gasteiger partial charge in [0.05, 0.1) is 6.61 Å². The van der Waals surface area contributed by atoms with E-state index in [9.17, 15) is 5.11 Å². The molecule has 0 saturated carbocycles. The van der Waals surface area contributed by atoms with E-state index < -0.39 is 0 Å². The van der Waals surface area contributed by atoms with Crippen molar-refractivity contribution in [2.24, 2.45) is 5.92 Å². The molecule has 0 amide bonds. The molecule has 1 N–H and O–H groups in total. The number of benzene rings is 1. The van der Waals surface area contributed by atoms with Crippen molar-refractivity contribution in [1.29, 1.82) is 0 Å². The summed E-state index contributed by atoms with van der Waals surface area (Å²) >= 11 is 0. The molecule has 1 heterocycles. The number of rotatable bonds is 4. The standard InChI is InChI=1S/C15H23NO/c1-13-6-9-16(10-7-13)11-8-14-4-2-3-5-15(14)12-17/h2-5,13,17H,6-12H2,1H3. The van der Waals surface area contributed by atoms with Crippen LogP contribution < -0.4 is 0 Å². The monoisotopic (exact) mass is 233 g/mol. The summed E-state index contributed by atoms with van der Waals surface area (Å²) in [5, 5.41) is 9.28. The molecule has 0 aliphatic carbocycles. The van der Waals surface area contributed by atoms with Crippen molar-refractivity contribution >= 4 is 0 Å². The zero-order chi connectivity index (χ0) is 12.1. The number of hydrogen-bond acceptors (Lipinski definition) is 2. The van der Waals surface area contributed by atoms with Crippen LogP contribution in [0.15, 0.2) is 24.3 Å². The fraction of sp³-hybridized carbons (Fsp3) is 0.600. The molecule has 1 aliphatic rings. The predicted molar refractivity (Wildman–Crippen MR) is 70.9 cm³/mol. The highest BCUT2D eigenvalue weighted by atomic mass is 16.3. The molecule has 1 fully saturated rings. The topological polar surface area (TPSA) is 23.5 Å². The van der Waals surface area contributed by atoms with Gasteiger partial charge in [-0.15, -0.1) is 0 Å². The van der Waals surface area contributed by atoms with Crippen LogP contribution in [0.4, 0.5) is 0 Å². The Kier molecular flexibility index (Phi) is 4.57. The molecule has 2 rings (SSSR count).